The predicted molar refractivity (Wildman–Crippen MR) is 24.9 cm³/mol. The molecule has 0 aliphatic carbocycles. The summed E-state index contributed by atoms with van der Waals surface area (Å²) in [6.07, 6.45) is -0.156. The molecule has 0 spiro atoms. The quantitative estimate of drug-likeness (QED) is 0.394. The molecule has 0 aromatic carbocycles. The molecule has 0 N–H and O–H groups in total. The second kappa shape index (κ2) is 3.22. The van der Waals surface area contributed by atoms with Crippen LogP contribution < -0.4 is 0 Å². The third-order valence-electron chi connectivity index (χ3n) is 0.451. The van der Waals surface area contributed by atoms with Crippen LogP contribution >= 0.6 is 0 Å². The van der Waals surface area contributed by atoms with Crippen LogP contribution in [0.25, 0.3) is 0 Å². The normalized spacial score (nSPS) is 6.71. The van der Waals surface area contributed by atoms with Crippen LogP contribution in [0.3, 0.4) is 0 Å². The molecule has 0 fully saturated rings. The third kappa shape index (κ3) is 2.84. The van der Waals surface area contributed by atoms with E-state index in [9.17, 15) is 4.79 Å². The highest BCUT2D eigenvalue weighted by Crippen LogP contribution is 1.76. The van der Waals surface area contributed by atoms with E-state index >= 15 is 0 Å². The zero-order chi connectivity index (χ0) is 5.70. The van der Waals surface area contributed by atoms with Crippen LogP contribution in [0.4, 0.5) is 0 Å². The molecule has 3 nitrogen and oxygen atoms in total. The minimum atomic E-state index is -0.484. The summed E-state index contributed by atoms with van der Waals surface area (Å²) < 4.78 is 4.13. The molecule has 7 heavy (non-hydrogen) atoms. The van der Waals surface area contributed by atoms with Gasteiger partial charge in [0.1, 0.15) is 6.42 Å². The van der Waals surface area contributed by atoms with Gasteiger partial charge in [0.25, 0.3) is 0 Å². The number of carbonyl (C=O) groups excluding carboxylic acids is 1. The fourth-order valence-electron chi connectivity index (χ4n) is 0.137. The van der Waals surface area contributed by atoms with Crippen molar-refractivity contribution >= 4 is 14.0 Å². The Labute approximate surface area is 42.3 Å². The molecule has 0 aromatic rings. The van der Waals surface area contributed by atoms with Crippen molar-refractivity contribution in [3.8, 4) is 6.07 Å². The summed E-state index contributed by atoms with van der Waals surface area (Å²) >= 11 is 0. The van der Waals surface area contributed by atoms with Gasteiger partial charge in [-0.2, -0.15) is 5.26 Å². The van der Waals surface area contributed by atoms with Crippen molar-refractivity contribution in [3.05, 3.63) is 0 Å². The molecular formula is C3H4BNO2. The Morgan fingerprint density at radius 1 is 2.00 bits per heavy atom. The van der Waals surface area contributed by atoms with Crippen molar-refractivity contribution in [2.45, 2.75) is 6.42 Å². The van der Waals surface area contributed by atoms with Gasteiger partial charge in [0, 0.05) is 0 Å². The Morgan fingerprint density at radius 3 is 2.71 bits per heavy atom. The molecule has 0 atom stereocenters. The minimum absolute atomic E-state index is 0.156. The Kier molecular flexibility index (Phi) is 2.77. The first-order chi connectivity index (χ1) is 3.31. The van der Waals surface area contributed by atoms with Crippen molar-refractivity contribution in [3.63, 3.8) is 0 Å². The Hall–Kier alpha value is -0.975. The Morgan fingerprint density at radius 2 is 2.57 bits per heavy atom. The first kappa shape index (κ1) is 6.02. The molecule has 0 radical (unpaired) electrons. The lowest BCUT2D eigenvalue weighted by Crippen LogP contribution is -1.97. The van der Waals surface area contributed by atoms with E-state index in [4.69, 9.17) is 5.26 Å². The highest BCUT2D eigenvalue weighted by atomic mass is 16.5. The summed E-state index contributed by atoms with van der Waals surface area (Å²) in [7, 11) is 1.25. The van der Waals surface area contributed by atoms with Gasteiger partial charge in [-0.25, -0.2) is 0 Å². The smallest absolute Gasteiger partial charge is 0.326 e. The third-order valence-corrected chi connectivity index (χ3v) is 0.451. The van der Waals surface area contributed by atoms with Crippen LogP contribution in [0, 0.1) is 11.3 Å². The monoisotopic (exact) mass is 97.0 g/mol. The molecular weight excluding hydrogens is 92.9 g/mol. The summed E-state index contributed by atoms with van der Waals surface area (Å²) in [5, 5.41) is 7.82. The number of nitrogens with zero attached hydrogens (tertiary/aromatic N) is 1. The van der Waals surface area contributed by atoms with Gasteiger partial charge in [-0.3, -0.25) is 4.79 Å². The largest absolute Gasteiger partial charge is 0.543 e. The fourth-order valence-corrected chi connectivity index (χ4v) is 0.137. The highest BCUT2D eigenvalue weighted by Gasteiger charge is 1.92. The maximum absolute atomic E-state index is 9.97. The molecule has 0 saturated carbocycles. The fraction of sp³-hybridized carbons (Fsp3) is 0.333. The van der Waals surface area contributed by atoms with E-state index in [0.29, 0.717) is 0 Å². The average molecular weight is 96.9 g/mol. The van der Waals surface area contributed by atoms with Crippen LogP contribution in [0.2, 0.25) is 0 Å². The zero-order valence-electron chi connectivity index (χ0n) is 3.97. The number of hydrogen-bond donors (Lipinski definition) is 0. The molecule has 0 saturated heterocycles. The first-order valence-corrected chi connectivity index (χ1v) is 1.75. The summed E-state index contributed by atoms with van der Waals surface area (Å²) in [6, 6.07) is 1.64. The van der Waals surface area contributed by atoms with E-state index < -0.39 is 5.97 Å². The second-order valence-corrected chi connectivity index (χ2v) is 0.911. The molecule has 0 aliphatic heterocycles. The lowest BCUT2D eigenvalue weighted by Gasteiger charge is -1.86. The lowest BCUT2D eigenvalue weighted by atomic mass is 10.4. The van der Waals surface area contributed by atoms with E-state index in [1.807, 2.05) is 0 Å². The van der Waals surface area contributed by atoms with Crippen molar-refractivity contribution in [1.29, 1.82) is 5.26 Å². The van der Waals surface area contributed by atoms with Gasteiger partial charge in [0.15, 0.2) is 0 Å². The molecule has 0 unspecified atom stereocenters. The maximum Gasteiger partial charge on any atom is 0.326 e. The molecule has 0 aromatic heterocycles. The number of carbonyl (C=O) groups is 1. The van der Waals surface area contributed by atoms with Crippen LogP contribution in [-0.4, -0.2) is 14.0 Å². The molecule has 0 bridgehead atoms. The van der Waals surface area contributed by atoms with Crippen molar-refractivity contribution in [2.24, 2.45) is 0 Å². The minimum Gasteiger partial charge on any atom is -0.543 e. The second-order valence-electron chi connectivity index (χ2n) is 0.911. The van der Waals surface area contributed by atoms with Crippen LogP contribution in [0.15, 0.2) is 0 Å². The average Bonchev–Trinajstić information content (AvgIpc) is 1.68. The highest BCUT2D eigenvalue weighted by molar-refractivity contribution is 6.05. The van der Waals surface area contributed by atoms with Gasteiger partial charge >= 0.3 is 14.0 Å². The number of rotatable bonds is 1. The van der Waals surface area contributed by atoms with Gasteiger partial charge in [-0.1, -0.05) is 0 Å². The van der Waals surface area contributed by atoms with Crippen LogP contribution in [0.1, 0.15) is 6.42 Å². The lowest BCUT2D eigenvalue weighted by molar-refractivity contribution is -0.132. The summed E-state index contributed by atoms with van der Waals surface area (Å²) in [5.74, 6) is -0.484. The van der Waals surface area contributed by atoms with Crippen LogP contribution in [0.5, 0.6) is 0 Å². The Bertz CT molecular complexity index is 106. The van der Waals surface area contributed by atoms with Gasteiger partial charge in [0.05, 0.1) is 6.07 Å². The molecule has 0 aliphatic rings. The van der Waals surface area contributed by atoms with E-state index in [0.717, 1.165) is 0 Å². The number of hydrogen-bond acceptors (Lipinski definition) is 3. The van der Waals surface area contributed by atoms with E-state index in [1.54, 1.807) is 6.07 Å². The van der Waals surface area contributed by atoms with Crippen LogP contribution in [-0.2, 0) is 9.45 Å². The Balaban J connectivity index is 3.23. The first-order valence-electron chi connectivity index (χ1n) is 1.75. The summed E-state index contributed by atoms with van der Waals surface area (Å²) in [5.41, 5.74) is 0. The SMILES string of the molecule is BOC(=O)CC#N. The van der Waals surface area contributed by atoms with Crippen molar-refractivity contribution in [2.75, 3.05) is 0 Å². The van der Waals surface area contributed by atoms with Gasteiger partial charge in [0.2, 0.25) is 0 Å². The van der Waals surface area contributed by atoms with Crippen molar-refractivity contribution < 1.29 is 9.45 Å². The molecule has 4 heteroatoms. The number of nitriles is 1. The zero-order valence-corrected chi connectivity index (χ0v) is 3.97. The van der Waals surface area contributed by atoms with Gasteiger partial charge in [-0.15, -0.1) is 0 Å². The van der Waals surface area contributed by atoms with Gasteiger partial charge < -0.3 is 4.65 Å². The molecule has 0 rings (SSSR count). The van der Waals surface area contributed by atoms with E-state index in [2.05, 4.69) is 4.65 Å². The van der Waals surface area contributed by atoms with E-state index in [1.165, 1.54) is 8.05 Å². The van der Waals surface area contributed by atoms with Crippen molar-refractivity contribution in [1.82, 2.24) is 0 Å². The molecule has 0 heterocycles. The summed E-state index contributed by atoms with van der Waals surface area (Å²) in [6.45, 7) is 0. The standard InChI is InChI=1S/C3H4BNO2/c4-7-3(6)1-2-5/h1,4H2. The summed E-state index contributed by atoms with van der Waals surface area (Å²) in [4.78, 5) is 9.97. The molecule has 0 amide bonds. The molecule has 36 valence electrons. The van der Waals surface area contributed by atoms with Gasteiger partial charge in [-0.05, 0) is 0 Å². The maximum atomic E-state index is 9.97. The van der Waals surface area contributed by atoms with E-state index in [-0.39, 0.29) is 6.42 Å². The topological polar surface area (TPSA) is 50.1 Å². The predicted octanol–water partition coefficient (Wildman–Crippen LogP) is -1.01.